The van der Waals surface area contributed by atoms with Gasteiger partial charge in [-0.3, -0.25) is 14.4 Å². The number of hydrogen-bond donors (Lipinski definition) is 2. The van der Waals surface area contributed by atoms with Crippen molar-refractivity contribution >= 4 is 17.8 Å². The van der Waals surface area contributed by atoms with E-state index in [0.29, 0.717) is 11.4 Å². The van der Waals surface area contributed by atoms with Gasteiger partial charge in [-0.1, -0.05) is 155 Å². The maximum Gasteiger partial charge on any atom is 0.325 e. The first-order valence-electron chi connectivity index (χ1n) is 22.2. The molecule has 328 valence electrons. The zero-order valence-corrected chi connectivity index (χ0v) is 38.6. The lowest BCUT2D eigenvalue weighted by molar-refractivity contribution is -0.154. The standard InChI is InChI=1S/C43H54N4O5.C6H14.C2H6/c1-8-9-10-11-12-25-51-36-23-19-31(20-24-36)34-27-44-39(45-28-34)32-15-13-30(14-16-32)26-37(41(50)46-29-38(48)52-43(5,6)7)47-40(49)33-17-21-35(22-18-33)42(2,3)4;1-3-5-6-4-2;1-2/h13-24,27-28,37H,8-12,25-26,29H2,1-7H3,(H,46,50)(H,47,49);3-6H2,1-2H3;1-2H3. The van der Waals surface area contributed by atoms with Gasteiger partial charge < -0.3 is 20.1 Å². The summed E-state index contributed by atoms with van der Waals surface area (Å²) in [5.41, 5.74) is 4.30. The van der Waals surface area contributed by atoms with Crippen LogP contribution in [0.3, 0.4) is 0 Å². The minimum Gasteiger partial charge on any atom is -0.494 e. The second kappa shape index (κ2) is 26.9. The topological polar surface area (TPSA) is 120 Å². The third-order valence-electron chi connectivity index (χ3n) is 9.43. The van der Waals surface area contributed by atoms with Gasteiger partial charge in [0.15, 0.2) is 5.82 Å². The van der Waals surface area contributed by atoms with E-state index in [-0.39, 0.29) is 24.3 Å². The molecule has 0 fully saturated rings. The Morgan fingerprint density at radius 1 is 0.650 bits per heavy atom. The highest BCUT2D eigenvalue weighted by atomic mass is 16.6. The Kier molecular flexibility index (Phi) is 22.9. The van der Waals surface area contributed by atoms with E-state index in [1.165, 1.54) is 51.4 Å². The van der Waals surface area contributed by atoms with Gasteiger partial charge in [-0.2, -0.15) is 0 Å². The fraction of sp³-hybridized carbons (Fsp3) is 0.510. The van der Waals surface area contributed by atoms with Crippen LogP contribution in [0.4, 0.5) is 0 Å². The third-order valence-corrected chi connectivity index (χ3v) is 9.43. The van der Waals surface area contributed by atoms with E-state index in [2.05, 4.69) is 62.1 Å². The van der Waals surface area contributed by atoms with Gasteiger partial charge in [-0.05, 0) is 73.6 Å². The molecule has 1 heterocycles. The van der Waals surface area contributed by atoms with E-state index in [1.807, 2.05) is 74.5 Å². The Hall–Kier alpha value is -5.05. The number of aromatic nitrogens is 2. The molecule has 0 saturated heterocycles. The number of unbranched alkanes of at least 4 members (excludes halogenated alkanes) is 7. The Morgan fingerprint density at radius 2 is 1.18 bits per heavy atom. The van der Waals surface area contributed by atoms with Crippen molar-refractivity contribution < 1.29 is 23.9 Å². The zero-order valence-electron chi connectivity index (χ0n) is 38.6. The number of benzene rings is 3. The molecule has 1 atom stereocenters. The van der Waals surface area contributed by atoms with Gasteiger partial charge in [-0.15, -0.1) is 0 Å². The average molecular weight is 823 g/mol. The van der Waals surface area contributed by atoms with Crippen molar-refractivity contribution in [1.82, 2.24) is 20.6 Å². The van der Waals surface area contributed by atoms with Gasteiger partial charge in [0.2, 0.25) is 5.91 Å². The molecule has 0 saturated carbocycles. The molecule has 2 amide bonds. The average Bonchev–Trinajstić information content (AvgIpc) is 3.23. The number of nitrogens with zero attached hydrogens (tertiary/aromatic N) is 2. The molecule has 0 aliphatic heterocycles. The number of nitrogens with one attached hydrogen (secondary N) is 2. The maximum atomic E-state index is 13.4. The van der Waals surface area contributed by atoms with Crippen molar-refractivity contribution in [2.75, 3.05) is 13.2 Å². The van der Waals surface area contributed by atoms with Gasteiger partial charge in [0.1, 0.15) is 23.9 Å². The van der Waals surface area contributed by atoms with Crippen LogP contribution in [0.15, 0.2) is 85.2 Å². The number of ether oxygens (including phenoxy) is 2. The van der Waals surface area contributed by atoms with Crippen molar-refractivity contribution in [3.05, 3.63) is 102 Å². The lowest BCUT2D eigenvalue weighted by atomic mass is 9.86. The number of carbonyl (C=O) groups excluding carboxylic acids is 3. The molecule has 0 aliphatic carbocycles. The number of hydrogen-bond acceptors (Lipinski definition) is 7. The van der Waals surface area contributed by atoms with Crippen LogP contribution in [0.5, 0.6) is 5.75 Å². The molecule has 60 heavy (non-hydrogen) atoms. The summed E-state index contributed by atoms with van der Waals surface area (Å²) < 4.78 is 11.2. The van der Waals surface area contributed by atoms with Crippen LogP contribution < -0.4 is 15.4 Å². The van der Waals surface area contributed by atoms with Crippen LogP contribution in [0.1, 0.15) is 155 Å². The minimum atomic E-state index is -0.943. The lowest BCUT2D eigenvalue weighted by Crippen LogP contribution is -2.49. The number of amides is 2. The Labute approximate surface area is 361 Å². The van der Waals surface area contributed by atoms with Crippen molar-refractivity contribution in [1.29, 1.82) is 0 Å². The van der Waals surface area contributed by atoms with Gasteiger partial charge in [0.05, 0.1) is 6.61 Å². The molecule has 9 nitrogen and oxygen atoms in total. The molecule has 2 N–H and O–H groups in total. The second-order valence-electron chi connectivity index (χ2n) is 16.8. The fourth-order valence-electron chi connectivity index (χ4n) is 6.02. The Morgan fingerprint density at radius 3 is 1.72 bits per heavy atom. The Balaban J connectivity index is 0.00000142. The summed E-state index contributed by atoms with van der Waals surface area (Å²) in [5.74, 6) is -0.0157. The minimum absolute atomic E-state index is 0.0625. The van der Waals surface area contributed by atoms with Crippen molar-refractivity contribution in [3.63, 3.8) is 0 Å². The molecule has 4 aromatic rings. The fourth-order valence-corrected chi connectivity index (χ4v) is 6.02. The summed E-state index contributed by atoms with van der Waals surface area (Å²) in [6.07, 6.45) is 15.4. The first-order valence-corrected chi connectivity index (χ1v) is 22.2. The highest BCUT2D eigenvalue weighted by Gasteiger charge is 2.24. The van der Waals surface area contributed by atoms with E-state index in [4.69, 9.17) is 9.47 Å². The molecular weight excluding hydrogens is 749 g/mol. The number of esters is 1. The third kappa shape index (κ3) is 19.3. The molecule has 0 bridgehead atoms. The van der Waals surface area contributed by atoms with Crippen LogP contribution >= 0.6 is 0 Å². The van der Waals surface area contributed by atoms with E-state index in [9.17, 15) is 14.4 Å². The summed E-state index contributed by atoms with van der Waals surface area (Å²) in [4.78, 5) is 48.2. The normalized spacial score (nSPS) is 11.5. The summed E-state index contributed by atoms with van der Waals surface area (Å²) in [6, 6.07) is 21.9. The van der Waals surface area contributed by atoms with Crippen molar-refractivity contribution in [3.8, 4) is 28.3 Å². The SMILES string of the molecule is CC.CCCCCC.CCCCCCCOc1ccc(-c2cnc(-c3ccc(CC(NC(=O)c4ccc(C(C)(C)C)cc4)C(=O)NCC(=O)OC(C)(C)C)cc3)nc2)cc1. The van der Waals surface area contributed by atoms with Crippen molar-refractivity contribution in [2.45, 2.75) is 157 Å². The van der Waals surface area contributed by atoms with Gasteiger partial charge in [0, 0.05) is 35.5 Å². The smallest absolute Gasteiger partial charge is 0.325 e. The molecule has 1 unspecified atom stereocenters. The van der Waals surface area contributed by atoms with Crippen LogP contribution in [0, 0.1) is 0 Å². The molecule has 0 aliphatic rings. The number of carbonyl (C=O) groups is 3. The summed E-state index contributed by atoms with van der Waals surface area (Å²) in [6.45, 7) is 22.7. The summed E-state index contributed by atoms with van der Waals surface area (Å²) >= 11 is 0. The predicted octanol–water partition coefficient (Wildman–Crippen LogP) is 11.9. The van der Waals surface area contributed by atoms with E-state index in [1.54, 1.807) is 45.3 Å². The molecule has 4 rings (SSSR count). The van der Waals surface area contributed by atoms with Gasteiger partial charge in [0.25, 0.3) is 5.91 Å². The molecule has 3 aromatic carbocycles. The first-order chi connectivity index (χ1) is 28.6. The largest absolute Gasteiger partial charge is 0.494 e. The van der Waals surface area contributed by atoms with Crippen LogP contribution in [0.25, 0.3) is 22.5 Å². The summed E-state index contributed by atoms with van der Waals surface area (Å²) in [7, 11) is 0. The molecule has 0 spiro atoms. The zero-order chi connectivity index (χ0) is 44.6. The molecule has 0 radical (unpaired) electrons. The first kappa shape index (κ1) is 51.1. The quantitative estimate of drug-likeness (QED) is 0.0714. The monoisotopic (exact) mass is 823 g/mol. The predicted molar refractivity (Wildman–Crippen MR) is 247 cm³/mol. The maximum absolute atomic E-state index is 13.4. The molecule has 9 heteroatoms. The molecular formula is C51H74N4O5. The van der Waals surface area contributed by atoms with Gasteiger partial charge >= 0.3 is 5.97 Å². The highest BCUT2D eigenvalue weighted by molar-refractivity contribution is 5.98. The second-order valence-corrected chi connectivity index (χ2v) is 16.8. The summed E-state index contributed by atoms with van der Waals surface area (Å²) in [5, 5.41) is 5.50. The van der Waals surface area contributed by atoms with Crippen LogP contribution in [-0.4, -0.2) is 52.5 Å². The highest BCUT2D eigenvalue weighted by Crippen LogP contribution is 2.25. The number of rotatable bonds is 19. The Bertz CT molecular complexity index is 1800. The van der Waals surface area contributed by atoms with E-state index in [0.717, 1.165) is 46.6 Å². The van der Waals surface area contributed by atoms with Crippen LogP contribution in [-0.2, 0) is 26.2 Å². The lowest BCUT2D eigenvalue weighted by Gasteiger charge is -2.22. The van der Waals surface area contributed by atoms with E-state index >= 15 is 0 Å². The van der Waals surface area contributed by atoms with Crippen LogP contribution in [0.2, 0.25) is 0 Å². The van der Waals surface area contributed by atoms with Gasteiger partial charge in [-0.25, -0.2) is 9.97 Å². The molecule has 1 aromatic heterocycles. The van der Waals surface area contributed by atoms with Crippen molar-refractivity contribution in [2.24, 2.45) is 0 Å². The van der Waals surface area contributed by atoms with E-state index < -0.39 is 23.5 Å².